The number of carbonyl (C=O) groups is 1. The van der Waals surface area contributed by atoms with Crippen molar-refractivity contribution in [1.82, 2.24) is 0 Å². The van der Waals surface area contributed by atoms with Crippen LogP contribution in [0.2, 0.25) is 0 Å². The third-order valence-corrected chi connectivity index (χ3v) is 2.09. The molecule has 0 bridgehead atoms. The summed E-state index contributed by atoms with van der Waals surface area (Å²) in [6.07, 6.45) is -9.97. The molecule has 0 saturated carbocycles. The van der Waals surface area contributed by atoms with E-state index in [1.165, 1.54) is 0 Å². The highest BCUT2D eigenvalue weighted by Gasteiger charge is 2.37. The van der Waals surface area contributed by atoms with Crippen LogP contribution in [-0.2, 0) is 17.1 Å². The Kier molecular flexibility index (Phi) is 4.27. The Hall–Kier alpha value is -2.24. The molecule has 0 aliphatic heterocycles. The number of anilines is 1. The number of nitrogens with zero attached hydrogens (tertiary/aromatic N) is 1. The first-order chi connectivity index (χ1) is 9.04. The van der Waals surface area contributed by atoms with Crippen molar-refractivity contribution in [2.24, 2.45) is 0 Å². The second-order valence-corrected chi connectivity index (χ2v) is 3.66. The van der Waals surface area contributed by atoms with Gasteiger partial charge in [-0.05, 0) is 18.2 Å². The van der Waals surface area contributed by atoms with Crippen LogP contribution >= 0.6 is 0 Å². The number of nitrogens with one attached hydrogen (secondary N) is 1. The molecule has 9 heteroatoms. The van der Waals surface area contributed by atoms with Gasteiger partial charge < -0.3 is 10.2 Å². The molecule has 0 saturated heterocycles. The van der Waals surface area contributed by atoms with Gasteiger partial charge in [-0.15, -0.1) is 0 Å². The lowest BCUT2D eigenvalue weighted by molar-refractivity contribution is -0.143. The summed E-state index contributed by atoms with van der Waals surface area (Å²) in [5.41, 5.74) is -3.74. The molecule has 0 heterocycles. The van der Waals surface area contributed by atoms with Crippen molar-refractivity contribution in [2.45, 2.75) is 12.4 Å². The van der Waals surface area contributed by atoms with E-state index < -0.39 is 41.6 Å². The first-order valence-electron chi connectivity index (χ1n) is 4.96. The van der Waals surface area contributed by atoms with Crippen LogP contribution in [0.1, 0.15) is 11.1 Å². The van der Waals surface area contributed by atoms with Crippen LogP contribution in [0.25, 0.3) is 4.85 Å². The monoisotopic (exact) mass is 296 g/mol. The molecule has 0 aliphatic carbocycles. The molecule has 1 rings (SSSR count). The van der Waals surface area contributed by atoms with Gasteiger partial charge in [0, 0.05) is 5.69 Å². The lowest BCUT2D eigenvalue weighted by Gasteiger charge is -2.14. The molecule has 3 nitrogen and oxygen atoms in total. The summed E-state index contributed by atoms with van der Waals surface area (Å²) in [6.45, 7) is 5.69. The zero-order valence-electron chi connectivity index (χ0n) is 9.56. The van der Waals surface area contributed by atoms with Gasteiger partial charge in [0.1, 0.15) is 0 Å². The maximum absolute atomic E-state index is 12.5. The lowest BCUT2D eigenvalue weighted by Crippen LogP contribution is -2.17. The number of alkyl halides is 6. The van der Waals surface area contributed by atoms with Crippen LogP contribution < -0.4 is 5.32 Å². The van der Waals surface area contributed by atoms with Gasteiger partial charge in [-0.1, -0.05) is 0 Å². The fourth-order valence-corrected chi connectivity index (χ4v) is 1.30. The van der Waals surface area contributed by atoms with Crippen LogP contribution in [0.3, 0.4) is 0 Å². The molecule has 20 heavy (non-hydrogen) atoms. The highest BCUT2D eigenvalue weighted by atomic mass is 19.4. The molecule has 1 aromatic carbocycles. The zero-order valence-corrected chi connectivity index (χ0v) is 9.56. The lowest BCUT2D eigenvalue weighted by atomic mass is 10.1. The third-order valence-electron chi connectivity index (χ3n) is 2.09. The van der Waals surface area contributed by atoms with Crippen molar-refractivity contribution in [1.29, 1.82) is 0 Å². The molecule has 0 unspecified atom stereocenters. The standard InChI is InChI=1S/C11H6F6N2O/c1-18-5-9(20)19-8-3-6(10(12,13)14)2-7(4-8)11(15,16)17/h2-4H,5H2,(H,19,20). The quantitative estimate of drug-likeness (QED) is 0.657. The summed E-state index contributed by atoms with van der Waals surface area (Å²) >= 11 is 0. The van der Waals surface area contributed by atoms with Gasteiger partial charge >= 0.3 is 18.3 Å². The average Bonchev–Trinajstić information content (AvgIpc) is 2.26. The molecule has 0 radical (unpaired) electrons. The number of benzene rings is 1. The van der Waals surface area contributed by atoms with E-state index in [1.54, 1.807) is 0 Å². The summed E-state index contributed by atoms with van der Waals surface area (Å²) in [5.74, 6) is -0.993. The van der Waals surface area contributed by atoms with Crippen LogP contribution in [0.15, 0.2) is 18.2 Å². The molecule has 1 N–H and O–H groups in total. The molecule has 0 aromatic heterocycles. The molecule has 0 atom stereocenters. The largest absolute Gasteiger partial charge is 0.416 e. The summed E-state index contributed by atoms with van der Waals surface area (Å²) in [6, 6.07) is 0.693. The number of carbonyl (C=O) groups excluding carboxylic acids is 1. The highest BCUT2D eigenvalue weighted by molar-refractivity contribution is 5.93. The van der Waals surface area contributed by atoms with Gasteiger partial charge in [-0.3, -0.25) is 4.79 Å². The van der Waals surface area contributed by atoms with Gasteiger partial charge in [-0.25, -0.2) is 6.57 Å². The van der Waals surface area contributed by atoms with Crippen LogP contribution in [0.4, 0.5) is 32.0 Å². The maximum atomic E-state index is 12.5. The smallest absolute Gasteiger partial charge is 0.320 e. The summed E-state index contributed by atoms with van der Waals surface area (Å²) in [5, 5.41) is 1.82. The van der Waals surface area contributed by atoms with Gasteiger partial charge in [0.2, 0.25) is 0 Å². The van der Waals surface area contributed by atoms with Gasteiger partial charge in [0.15, 0.2) is 0 Å². The number of halogens is 6. The van der Waals surface area contributed by atoms with Crippen molar-refractivity contribution >= 4 is 11.6 Å². The van der Waals surface area contributed by atoms with Crippen molar-refractivity contribution in [3.63, 3.8) is 0 Å². The fraction of sp³-hybridized carbons (Fsp3) is 0.273. The molecular weight excluding hydrogens is 290 g/mol. The minimum Gasteiger partial charge on any atom is -0.320 e. The zero-order chi connectivity index (χ0) is 15.6. The Balaban J connectivity index is 3.25. The topological polar surface area (TPSA) is 33.5 Å². The second-order valence-electron chi connectivity index (χ2n) is 3.66. The Morgan fingerprint density at radius 1 is 1.05 bits per heavy atom. The first kappa shape index (κ1) is 15.8. The number of hydrogen-bond donors (Lipinski definition) is 1. The molecule has 108 valence electrons. The average molecular weight is 296 g/mol. The summed E-state index contributed by atoms with van der Waals surface area (Å²) < 4.78 is 75.0. The van der Waals surface area contributed by atoms with Crippen LogP contribution in [0.5, 0.6) is 0 Å². The van der Waals surface area contributed by atoms with Gasteiger partial charge in [0.05, 0.1) is 11.1 Å². The third kappa shape index (κ3) is 4.15. The van der Waals surface area contributed by atoms with Crippen molar-refractivity contribution in [3.8, 4) is 0 Å². The Morgan fingerprint density at radius 3 is 1.85 bits per heavy atom. The normalized spacial score (nSPS) is 11.8. The molecule has 1 amide bonds. The first-order valence-corrected chi connectivity index (χ1v) is 4.96. The summed E-state index contributed by atoms with van der Waals surface area (Å²) in [7, 11) is 0. The van der Waals surface area contributed by atoms with Crippen molar-refractivity contribution < 1.29 is 31.1 Å². The molecule has 0 spiro atoms. The van der Waals surface area contributed by atoms with Gasteiger partial charge in [0.25, 0.3) is 6.54 Å². The molecule has 0 aliphatic rings. The van der Waals surface area contributed by atoms with Gasteiger partial charge in [-0.2, -0.15) is 26.3 Å². The molecule has 1 aromatic rings. The predicted octanol–water partition coefficient (Wildman–Crippen LogP) is 3.58. The van der Waals surface area contributed by atoms with E-state index in [2.05, 4.69) is 4.85 Å². The summed E-state index contributed by atoms with van der Waals surface area (Å²) in [4.78, 5) is 13.7. The highest BCUT2D eigenvalue weighted by Crippen LogP contribution is 2.37. The van der Waals surface area contributed by atoms with E-state index in [0.29, 0.717) is 12.1 Å². The number of hydrogen-bond acceptors (Lipinski definition) is 1. The fourth-order valence-electron chi connectivity index (χ4n) is 1.30. The Labute approximate surface area is 109 Å². The van der Waals surface area contributed by atoms with E-state index >= 15 is 0 Å². The van der Waals surface area contributed by atoms with E-state index in [4.69, 9.17) is 6.57 Å². The van der Waals surface area contributed by atoms with E-state index in [-0.39, 0.29) is 6.07 Å². The maximum Gasteiger partial charge on any atom is 0.416 e. The van der Waals surface area contributed by atoms with Crippen molar-refractivity contribution in [3.05, 3.63) is 40.7 Å². The van der Waals surface area contributed by atoms with E-state index in [0.717, 1.165) is 0 Å². The Bertz CT molecular complexity index is 523. The second kappa shape index (κ2) is 5.40. The van der Waals surface area contributed by atoms with Crippen LogP contribution in [0, 0.1) is 6.57 Å². The van der Waals surface area contributed by atoms with Crippen molar-refractivity contribution in [2.75, 3.05) is 11.9 Å². The minimum absolute atomic E-state index is 0.0511. The predicted molar refractivity (Wildman–Crippen MR) is 56.5 cm³/mol. The molecular formula is C11H6F6N2O. The Morgan fingerprint density at radius 2 is 1.50 bits per heavy atom. The minimum atomic E-state index is -4.99. The molecule has 0 fully saturated rings. The van der Waals surface area contributed by atoms with E-state index in [1.807, 2.05) is 5.32 Å². The van der Waals surface area contributed by atoms with E-state index in [9.17, 15) is 31.1 Å². The SMILES string of the molecule is [C-]#[N+]CC(=O)Nc1cc(C(F)(F)F)cc(C(F)(F)F)c1. The number of amides is 1. The van der Waals surface area contributed by atoms with Crippen LogP contribution in [-0.4, -0.2) is 12.5 Å². The number of rotatable bonds is 2.